The molecule has 4 rings (SSSR count). The van der Waals surface area contributed by atoms with E-state index in [1.807, 2.05) is 0 Å². The number of cyclic esters (lactones) is 1. The van der Waals surface area contributed by atoms with Crippen molar-refractivity contribution in [3.8, 4) is 0 Å². The van der Waals surface area contributed by atoms with Crippen LogP contribution in [-0.4, -0.2) is 48.7 Å². The lowest BCUT2D eigenvalue weighted by molar-refractivity contribution is -0.119. The third kappa shape index (κ3) is 3.10. The Morgan fingerprint density at radius 3 is 2.92 bits per heavy atom. The number of rotatable bonds is 5. The SMILES string of the molecule is CC1(NSc2ccc3c(c2)N(C(=O)CN2CCOC2=O)CC3)CC1. The first-order chi connectivity index (χ1) is 11.5. The molecule has 128 valence electrons. The summed E-state index contributed by atoms with van der Waals surface area (Å²) in [4.78, 5) is 28.5. The summed E-state index contributed by atoms with van der Waals surface area (Å²) in [6.07, 6.45) is 2.89. The number of hydrogen-bond donors (Lipinski definition) is 1. The molecule has 0 bridgehead atoms. The van der Waals surface area contributed by atoms with Crippen molar-refractivity contribution < 1.29 is 14.3 Å². The minimum Gasteiger partial charge on any atom is -0.448 e. The fraction of sp³-hybridized carbons (Fsp3) is 0.529. The van der Waals surface area contributed by atoms with Crippen LogP contribution < -0.4 is 9.62 Å². The lowest BCUT2D eigenvalue weighted by Crippen LogP contribution is -2.40. The molecule has 0 spiro atoms. The zero-order valence-electron chi connectivity index (χ0n) is 13.7. The second kappa shape index (κ2) is 5.97. The monoisotopic (exact) mass is 347 g/mol. The standard InChI is InChI=1S/C17H21N3O3S/c1-17(5-6-17)18-24-13-3-2-12-4-7-20(14(12)10-13)15(21)11-19-8-9-23-16(19)22/h2-3,10,18H,4-9,11H2,1H3. The van der Waals surface area contributed by atoms with Crippen LogP contribution in [-0.2, 0) is 16.0 Å². The van der Waals surface area contributed by atoms with Crippen LogP contribution >= 0.6 is 11.9 Å². The molecule has 2 heterocycles. The predicted molar refractivity (Wildman–Crippen MR) is 92.1 cm³/mol. The van der Waals surface area contributed by atoms with Gasteiger partial charge in [0.25, 0.3) is 0 Å². The molecule has 1 aromatic rings. The van der Waals surface area contributed by atoms with E-state index >= 15 is 0 Å². The number of fused-ring (bicyclic) bond motifs is 1. The molecule has 2 aliphatic heterocycles. The molecule has 1 N–H and O–H groups in total. The van der Waals surface area contributed by atoms with Crippen LogP contribution in [0.2, 0.25) is 0 Å². The molecule has 0 unspecified atom stereocenters. The first kappa shape index (κ1) is 15.8. The van der Waals surface area contributed by atoms with Gasteiger partial charge < -0.3 is 9.64 Å². The zero-order valence-corrected chi connectivity index (χ0v) is 14.5. The van der Waals surface area contributed by atoms with E-state index < -0.39 is 6.09 Å². The molecule has 1 saturated heterocycles. The summed E-state index contributed by atoms with van der Waals surface area (Å²) < 4.78 is 8.38. The molecule has 2 amide bonds. The number of ether oxygens (including phenoxy) is 1. The molecule has 2 fully saturated rings. The smallest absolute Gasteiger partial charge is 0.410 e. The number of hydrogen-bond acceptors (Lipinski definition) is 5. The Hall–Kier alpha value is -1.73. The number of anilines is 1. The molecule has 0 aromatic heterocycles. The summed E-state index contributed by atoms with van der Waals surface area (Å²) in [5.41, 5.74) is 2.42. The molecular formula is C17H21N3O3S. The van der Waals surface area contributed by atoms with Crippen molar-refractivity contribution in [1.29, 1.82) is 0 Å². The molecule has 6 nitrogen and oxygen atoms in total. The molecule has 1 aliphatic carbocycles. The third-order valence-electron chi connectivity index (χ3n) is 4.84. The van der Waals surface area contributed by atoms with Crippen molar-refractivity contribution in [2.45, 2.75) is 36.6 Å². The molecule has 24 heavy (non-hydrogen) atoms. The fourth-order valence-corrected chi connectivity index (χ4v) is 3.85. The van der Waals surface area contributed by atoms with Crippen LogP contribution in [0.15, 0.2) is 23.1 Å². The van der Waals surface area contributed by atoms with Crippen LogP contribution in [0.4, 0.5) is 10.5 Å². The first-order valence-electron chi connectivity index (χ1n) is 8.33. The van der Waals surface area contributed by atoms with Gasteiger partial charge in [0.15, 0.2) is 0 Å². The molecule has 3 aliphatic rings. The van der Waals surface area contributed by atoms with Crippen molar-refractivity contribution in [3.63, 3.8) is 0 Å². The number of carbonyl (C=O) groups is 2. The van der Waals surface area contributed by atoms with Gasteiger partial charge in [-0.2, -0.15) is 0 Å². The Morgan fingerprint density at radius 2 is 2.21 bits per heavy atom. The molecule has 1 aromatic carbocycles. The highest BCUT2D eigenvalue weighted by Gasteiger charge is 2.37. The van der Waals surface area contributed by atoms with E-state index in [-0.39, 0.29) is 18.0 Å². The summed E-state index contributed by atoms with van der Waals surface area (Å²) in [5, 5.41) is 0. The Balaban J connectivity index is 1.45. The molecule has 1 saturated carbocycles. The van der Waals surface area contributed by atoms with E-state index in [1.54, 1.807) is 16.8 Å². The van der Waals surface area contributed by atoms with Crippen LogP contribution in [0.1, 0.15) is 25.3 Å². The van der Waals surface area contributed by atoms with Crippen molar-refractivity contribution in [3.05, 3.63) is 23.8 Å². The maximum Gasteiger partial charge on any atom is 0.410 e. The highest BCUT2D eigenvalue weighted by atomic mass is 32.2. The Labute approximate surface area is 145 Å². The predicted octanol–water partition coefficient (Wildman–Crippen LogP) is 2.18. The highest BCUT2D eigenvalue weighted by Crippen LogP contribution is 2.39. The van der Waals surface area contributed by atoms with E-state index in [1.165, 1.54) is 23.3 Å². The molecule has 0 atom stereocenters. The normalized spacial score (nSPS) is 21.0. The van der Waals surface area contributed by atoms with Crippen molar-refractivity contribution in [1.82, 2.24) is 9.62 Å². The van der Waals surface area contributed by atoms with Crippen molar-refractivity contribution in [2.24, 2.45) is 0 Å². The quantitative estimate of drug-likeness (QED) is 0.827. The number of carbonyl (C=O) groups excluding carboxylic acids is 2. The number of nitrogens with zero attached hydrogens (tertiary/aromatic N) is 2. The number of nitrogens with one attached hydrogen (secondary N) is 1. The average Bonchev–Trinajstić information content (AvgIpc) is 2.97. The van der Waals surface area contributed by atoms with E-state index in [2.05, 4.69) is 29.8 Å². The minimum absolute atomic E-state index is 0.0446. The largest absolute Gasteiger partial charge is 0.448 e. The third-order valence-corrected chi connectivity index (χ3v) is 5.92. The van der Waals surface area contributed by atoms with Crippen LogP contribution in [0.5, 0.6) is 0 Å². The summed E-state index contributed by atoms with van der Waals surface area (Å²) >= 11 is 1.63. The average molecular weight is 347 g/mol. The summed E-state index contributed by atoms with van der Waals surface area (Å²) in [7, 11) is 0. The Morgan fingerprint density at radius 1 is 1.38 bits per heavy atom. The summed E-state index contributed by atoms with van der Waals surface area (Å²) in [5.74, 6) is -0.0446. The Kier molecular flexibility index (Phi) is 3.92. The maximum atomic E-state index is 12.6. The summed E-state index contributed by atoms with van der Waals surface area (Å²) in [6.45, 7) is 3.85. The van der Waals surface area contributed by atoms with Crippen molar-refractivity contribution >= 4 is 29.6 Å². The van der Waals surface area contributed by atoms with Crippen LogP contribution in [0.3, 0.4) is 0 Å². The fourth-order valence-electron chi connectivity index (χ4n) is 2.97. The topological polar surface area (TPSA) is 61.9 Å². The molecule has 7 heteroatoms. The van der Waals surface area contributed by atoms with E-state index in [0.717, 1.165) is 17.0 Å². The van der Waals surface area contributed by atoms with Crippen LogP contribution in [0.25, 0.3) is 0 Å². The summed E-state index contributed by atoms with van der Waals surface area (Å²) in [6, 6.07) is 6.28. The van der Waals surface area contributed by atoms with Crippen molar-refractivity contribution in [2.75, 3.05) is 31.1 Å². The van der Waals surface area contributed by atoms with Gasteiger partial charge >= 0.3 is 6.09 Å². The maximum absolute atomic E-state index is 12.6. The van der Waals surface area contributed by atoms with E-state index in [0.29, 0.717) is 19.7 Å². The van der Waals surface area contributed by atoms with Gasteiger partial charge in [0.2, 0.25) is 5.91 Å². The van der Waals surface area contributed by atoms with Gasteiger partial charge in [0.1, 0.15) is 13.2 Å². The first-order valence-corrected chi connectivity index (χ1v) is 9.15. The molecular weight excluding hydrogens is 326 g/mol. The van der Waals surface area contributed by atoms with Gasteiger partial charge in [-0.05, 0) is 55.8 Å². The van der Waals surface area contributed by atoms with Crippen LogP contribution in [0, 0.1) is 0 Å². The van der Waals surface area contributed by atoms with Gasteiger partial charge in [-0.3, -0.25) is 14.4 Å². The minimum atomic E-state index is -0.394. The van der Waals surface area contributed by atoms with Gasteiger partial charge in [0.05, 0.1) is 6.54 Å². The van der Waals surface area contributed by atoms with Gasteiger partial charge in [0, 0.05) is 22.7 Å². The van der Waals surface area contributed by atoms with Gasteiger partial charge in [-0.15, -0.1) is 0 Å². The Bertz CT molecular complexity index is 690. The lowest BCUT2D eigenvalue weighted by atomic mass is 10.2. The van der Waals surface area contributed by atoms with E-state index in [4.69, 9.17) is 4.74 Å². The number of amides is 2. The second-order valence-corrected chi connectivity index (χ2v) is 7.77. The zero-order chi connectivity index (χ0) is 16.7. The highest BCUT2D eigenvalue weighted by molar-refractivity contribution is 7.97. The van der Waals surface area contributed by atoms with E-state index in [9.17, 15) is 9.59 Å². The number of benzene rings is 1. The van der Waals surface area contributed by atoms with Gasteiger partial charge in [-0.25, -0.2) is 4.79 Å². The molecule has 0 radical (unpaired) electrons. The lowest BCUT2D eigenvalue weighted by Gasteiger charge is -2.21. The van der Waals surface area contributed by atoms with Gasteiger partial charge in [-0.1, -0.05) is 6.07 Å². The second-order valence-electron chi connectivity index (χ2n) is 6.89.